The van der Waals surface area contributed by atoms with E-state index in [4.69, 9.17) is 14.2 Å². The minimum Gasteiger partial charge on any atom is -0.507 e. The molecule has 24 heavy (non-hydrogen) atoms. The maximum absolute atomic E-state index is 10.3. The number of methoxy groups -OCH3 is 3. The Morgan fingerprint density at radius 1 is 0.958 bits per heavy atom. The maximum Gasteiger partial charge on any atom is 0.160 e. The number of hydrazine groups is 1. The van der Waals surface area contributed by atoms with Crippen molar-refractivity contribution in [2.24, 2.45) is 0 Å². The zero-order valence-corrected chi connectivity index (χ0v) is 14.0. The Balaban J connectivity index is 1.93. The van der Waals surface area contributed by atoms with E-state index < -0.39 is 0 Å². The highest BCUT2D eigenvalue weighted by atomic mass is 16.5. The number of hydrogen-bond donors (Lipinski definition) is 3. The molecular formula is C18H22N2O4. The first-order chi connectivity index (χ1) is 11.7. The second-order valence-corrected chi connectivity index (χ2v) is 5.65. The minimum atomic E-state index is -0.0611. The van der Waals surface area contributed by atoms with Crippen molar-refractivity contribution in [3.63, 3.8) is 0 Å². The fraction of sp³-hybridized carbons (Fsp3) is 0.333. The molecule has 6 nitrogen and oxygen atoms in total. The van der Waals surface area contributed by atoms with Gasteiger partial charge < -0.3 is 19.3 Å². The number of phenolic OH excluding ortho intramolecular Hbond substituents is 1. The Kier molecular flexibility index (Phi) is 4.78. The molecule has 0 amide bonds. The quantitative estimate of drug-likeness (QED) is 0.782. The van der Waals surface area contributed by atoms with Crippen molar-refractivity contribution in [2.45, 2.75) is 12.0 Å². The fourth-order valence-corrected chi connectivity index (χ4v) is 3.10. The van der Waals surface area contributed by atoms with Gasteiger partial charge in [0.1, 0.15) is 11.5 Å². The average molecular weight is 330 g/mol. The van der Waals surface area contributed by atoms with E-state index in [1.54, 1.807) is 27.4 Å². The molecule has 0 aliphatic carbocycles. The number of hydrogen-bond acceptors (Lipinski definition) is 6. The van der Waals surface area contributed by atoms with Gasteiger partial charge in [0.15, 0.2) is 11.5 Å². The van der Waals surface area contributed by atoms with Gasteiger partial charge in [-0.05, 0) is 23.8 Å². The van der Waals surface area contributed by atoms with Crippen LogP contribution in [0.1, 0.15) is 23.1 Å². The van der Waals surface area contributed by atoms with Gasteiger partial charge in [-0.1, -0.05) is 12.1 Å². The molecule has 1 heterocycles. The smallest absolute Gasteiger partial charge is 0.160 e. The van der Waals surface area contributed by atoms with Crippen molar-refractivity contribution in [1.29, 1.82) is 0 Å². The number of phenols is 1. The SMILES string of the molecule is COc1ccc(C2NNCC2c2ccc(OC)c(OC)c2)c(O)c1. The zero-order valence-electron chi connectivity index (χ0n) is 14.0. The van der Waals surface area contributed by atoms with Gasteiger partial charge in [0.2, 0.25) is 0 Å². The first-order valence-electron chi connectivity index (χ1n) is 7.75. The summed E-state index contributed by atoms with van der Waals surface area (Å²) in [7, 11) is 4.82. The normalized spacial score (nSPS) is 20.0. The summed E-state index contributed by atoms with van der Waals surface area (Å²) >= 11 is 0. The van der Waals surface area contributed by atoms with Crippen molar-refractivity contribution in [3.05, 3.63) is 47.5 Å². The molecule has 0 bridgehead atoms. The molecule has 128 valence electrons. The van der Waals surface area contributed by atoms with Crippen LogP contribution in [0.2, 0.25) is 0 Å². The molecule has 0 aromatic heterocycles. The van der Waals surface area contributed by atoms with E-state index in [2.05, 4.69) is 10.9 Å². The lowest BCUT2D eigenvalue weighted by atomic mass is 9.88. The Labute approximate surface area is 141 Å². The third-order valence-corrected chi connectivity index (χ3v) is 4.39. The predicted molar refractivity (Wildman–Crippen MR) is 90.8 cm³/mol. The second-order valence-electron chi connectivity index (χ2n) is 5.65. The molecule has 0 spiro atoms. The summed E-state index contributed by atoms with van der Waals surface area (Å²) in [6.07, 6.45) is 0. The van der Waals surface area contributed by atoms with E-state index in [1.807, 2.05) is 30.3 Å². The van der Waals surface area contributed by atoms with Crippen LogP contribution in [0.25, 0.3) is 0 Å². The molecule has 2 unspecified atom stereocenters. The molecule has 1 fully saturated rings. The second kappa shape index (κ2) is 6.98. The van der Waals surface area contributed by atoms with Crippen LogP contribution in [0.5, 0.6) is 23.0 Å². The summed E-state index contributed by atoms with van der Waals surface area (Å²) in [5.74, 6) is 2.37. The van der Waals surface area contributed by atoms with E-state index in [0.717, 1.165) is 17.7 Å². The minimum absolute atomic E-state index is 0.0611. The molecule has 3 rings (SSSR count). The summed E-state index contributed by atoms with van der Waals surface area (Å²) in [5.41, 5.74) is 8.34. The van der Waals surface area contributed by atoms with Crippen molar-refractivity contribution in [1.82, 2.24) is 10.9 Å². The molecule has 0 saturated carbocycles. The summed E-state index contributed by atoms with van der Waals surface area (Å²) in [6.45, 7) is 0.742. The maximum atomic E-state index is 10.3. The first-order valence-corrected chi connectivity index (χ1v) is 7.75. The van der Waals surface area contributed by atoms with E-state index in [9.17, 15) is 5.11 Å². The van der Waals surface area contributed by atoms with Crippen molar-refractivity contribution < 1.29 is 19.3 Å². The standard InChI is InChI=1S/C18H22N2O4/c1-22-12-5-6-13(15(21)9-12)18-14(10-19-20-18)11-4-7-16(23-2)17(8-11)24-3/h4-9,14,18-21H,10H2,1-3H3. The molecule has 2 aromatic rings. The summed E-state index contributed by atoms with van der Waals surface area (Å²) < 4.78 is 15.9. The van der Waals surface area contributed by atoms with E-state index >= 15 is 0 Å². The lowest BCUT2D eigenvalue weighted by Gasteiger charge is -2.21. The molecule has 1 saturated heterocycles. The van der Waals surface area contributed by atoms with Crippen LogP contribution < -0.4 is 25.1 Å². The van der Waals surface area contributed by atoms with Crippen molar-refractivity contribution >= 4 is 0 Å². The summed E-state index contributed by atoms with van der Waals surface area (Å²) in [4.78, 5) is 0. The lowest BCUT2D eigenvalue weighted by Crippen LogP contribution is -2.24. The van der Waals surface area contributed by atoms with Gasteiger partial charge in [0.05, 0.1) is 27.4 Å². The van der Waals surface area contributed by atoms with Gasteiger partial charge in [-0.2, -0.15) is 0 Å². The zero-order chi connectivity index (χ0) is 17.1. The van der Waals surface area contributed by atoms with Crippen LogP contribution in [0.3, 0.4) is 0 Å². The largest absolute Gasteiger partial charge is 0.507 e. The molecule has 0 radical (unpaired) electrons. The summed E-state index contributed by atoms with van der Waals surface area (Å²) in [5, 5.41) is 10.3. The third-order valence-electron chi connectivity index (χ3n) is 4.39. The van der Waals surface area contributed by atoms with Crippen LogP contribution in [-0.2, 0) is 0 Å². The third kappa shape index (κ3) is 2.98. The van der Waals surface area contributed by atoms with E-state index in [0.29, 0.717) is 17.2 Å². The number of benzene rings is 2. The Morgan fingerprint density at radius 2 is 1.75 bits per heavy atom. The number of nitrogens with one attached hydrogen (secondary N) is 2. The van der Waals surface area contributed by atoms with Crippen molar-refractivity contribution in [3.8, 4) is 23.0 Å². The van der Waals surface area contributed by atoms with Crippen LogP contribution in [0.15, 0.2) is 36.4 Å². The molecule has 2 aromatic carbocycles. The van der Waals surface area contributed by atoms with Gasteiger partial charge in [-0.3, -0.25) is 5.43 Å². The predicted octanol–water partition coefficient (Wildman–Crippen LogP) is 2.35. The summed E-state index contributed by atoms with van der Waals surface area (Å²) in [6, 6.07) is 11.2. The van der Waals surface area contributed by atoms with E-state index in [-0.39, 0.29) is 17.7 Å². The van der Waals surface area contributed by atoms with Gasteiger partial charge in [-0.25, -0.2) is 5.43 Å². The van der Waals surface area contributed by atoms with E-state index in [1.165, 1.54) is 0 Å². The molecule has 1 aliphatic heterocycles. The first kappa shape index (κ1) is 16.4. The van der Waals surface area contributed by atoms with Crippen LogP contribution in [0.4, 0.5) is 0 Å². The highest BCUT2D eigenvalue weighted by Crippen LogP contribution is 2.40. The average Bonchev–Trinajstić information content (AvgIpc) is 3.10. The van der Waals surface area contributed by atoms with Gasteiger partial charge >= 0.3 is 0 Å². The number of rotatable bonds is 5. The Bertz CT molecular complexity index is 720. The number of aromatic hydroxyl groups is 1. The highest BCUT2D eigenvalue weighted by Gasteiger charge is 2.32. The monoisotopic (exact) mass is 330 g/mol. The Morgan fingerprint density at radius 3 is 2.42 bits per heavy atom. The molecule has 6 heteroatoms. The fourth-order valence-electron chi connectivity index (χ4n) is 3.10. The van der Waals surface area contributed by atoms with Crippen LogP contribution >= 0.6 is 0 Å². The lowest BCUT2D eigenvalue weighted by molar-refractivity contribution is 0.354. The van der Waals surface area contributed by atoms with Gasteiger partial charge in [-0.15, -0.1) is 0 Å². The number of ether oxygens (including phenoxy) is 3. The molecule has 2 atom stereocenters. The highest BCUT2D eigenvalue weighted by molar-refractivity contribution is 5.47. The Hall–Kier alpha value is -2.44. The molecular weight excluding hydrogens is 308 g/mol. The van der Waals surface area contributed by atoms with Crippen molar-refractivity contribution in [2.75, 3.05) is 27.9 Å². The molecule has 1 aliphatic rings. The van der Waals surface area contributed by atoms with Gasteiger partial charge in [0.25, 0.3) is 0 Å². The van der Waals surface area contributed by atoms with Crippen LogP contribution in [-0.4, -0.2) is 33.0 Å². The topological polar surface area (TPSA) is 72.0 Å². The molecule has 3 N–H and O–H groups in total. The van der Waals surface area contributed by atoms with Crippen LogP contribution in [0, 0.1) is 0 Å². The van der Waals surface area contributed by atoms with Gasteiger partial charge in [0, 0.05) is 24.1 Å².